The molecule has 9 nitrogen and oxygen atoms in total. The first-order valence-corrected chi connectivity index (χ1v) is 17.6. The number of hydrogen-bond acceptors (Lipinski definition) is 9. The molecule has 0 aromatic rings. The van der Waals surface area contributed by atoms with Crippen molar-refractivity contribution in [1.29, 1.82) is 0 Å². The Balaban J connectivity index is -0.000000238. The fourth-order valence-corrected chi connectivity index (χ4v) is 3.69. The van der Waals surface area contributed by atoms with Crippen LogP contribution in [0.25, 0.3) is 0 Å². The number of alkyl halides is 45. The van der Waals surface area contributed by atoms with E-state index in [0.717, 1.165) is 0 Å². The SMILES string of the molecule is C.C=C(C)C(=O)OC(C)(C(F)(F)F)C(F)(F)C(O)(C(F)(F)F)C(F)(F)F.CC(O)(C(F)(F)F)C(F)(F)C(O)(C(F)(F)F)C(F)(F)F.O=C(C(F)(F)F)C(F)(F)C(O)(C(F)(F)F)C(F)(F)F.O=C(C(F)(F)F)C(F)(F)F.OC(C(F)(F)F)C(F)(F)F. The molecule has 0 radical (unpaired) electrons. The first-order chi connectivity index (χ1) is 35.0. The molecule has 514 valence electrons. The maximum Gasteiger partial charge on any atom is 0.459 e. The molecule has 2 atom stereocenters. The minimum atomic E-state index is -7.31. The average Bonchev–Trinajstić information content (AvgIpc) is 3.17. The maximum absolute atomic E-state index is 13.9. The molecule has 0 heterocycles. The lowest BCUT2D eigenvalue weighted by Gasteiger charge is -2.46. The zero-order valence-corrected chi connectivity index (χ0v) is 37.7. The molecule has 0 aromatic heterocycles. The Morgan fingerprint density at radius 1 is 0.353 bits per heavy atom. The van der Waals surface area contributed by atoms with Gasteiger partial charge in [-0.2, -0.15) is 198 Å². The van der Waals surface area contributed by atoms with Crippen LogP contribution >= 0.6 is 0 Å². The predicted octanol–water partition coefficient (Wildman–Crippen LogP) is 13.1. The zero-order chi connectivity index (χ0) is 71.1. The quantitative estimate of drug-likeness (QED) is 0.0905. The van der Waals surface area contributed by atoms with Gasteiger partial charge >= 0.3 is 132 Å². The van der Waals surface area contributed by atoms with Gasteiger partial charge in [0.25, 0.3) is 5.60 Å². The largest absolute Gasteiger partial charge is 0.459 e. The summed E-state index contributed by atoms with van der Waals surface area (Å²) in [4.78, 5) is 30.3. The normalized spacial score (nSPS) is 16.2. The molecule has 0 saturated heterocycles. The fourth-order valence-electron chi connectivity index (χ4n) is 3.69. The van der Waals surface area contributed by atoms with Crippen LogP contribution in [-0.2, 0) is 19.1 Å². The van der Waals surface area contributed by atoms with Gasteiger partial charge in [-0.05, 0) is 20.8 Å². The average molecular weight is 1390 g/mol. The lowest BCUT2D eigenvalue weighted by atomic mass is 9.81. The summed E-state index contributed by atoms with van der Waals surface area (Å²) in [5.41, 5.74) is -33.9. The van der Waals surface area contributed by atoms with Gasteiger partial charge in [-0.1, -0.05) is 14.0 Å². The van der Waals surface area contributed by atoms with Crippen LogP contribution in [0.15, 0.2) is 12.2 Å². The molecule has 0 spiro atoms. The summed E-state index contributed by atoms with van der Waals surface area (Å²) in [6.45, 7) is 1.31. The topological polar surface area (TPSA) is 162 Å². The molecule has 0 aliphatic carbocycles. The summed E-state index contributed by atoms with van der Waals surface area (Å²) in [5.74, 6) is -32.1. The highest BCUT2D eigenvalue weighted by molar-refractivity contribution is 5.92. The number of carbonyl (C=O) groups excluding carboxylic acids is 3. The van der Waals surface area contributed by atoms with E-state index in [1.807, 2.05) is 0 Å². The van der Waals surface area contributed by atoms with Gasteiger partial charge in [0.2, 0.25) is 11.7 Å². The van der Waals surface area contributed by atoms with Crippen LogP contribution in [0.4, 0.5) is 198 Å². The van der Waals surface area contributed by atoms with Gasteiger partial charge < -0.3 is 30.3 Å². The smallest absolute Gasteiger partial charge is 0.440 e. The third-order valence-electron chi connectivity index (χ3n) is 8.45. The third kappa shape index (κ3) is 19.1. The number of ether oxygens (including phenoxy) is 1. The number of Topliss-reactive ketones (excluding diaryl/α,β-unsaturated/α-hetero) is 2. The van der Waals surface area contributed by atoms with Crippen LogP contribution in [0.2, 0.25) is 0 Å². The van der Waals surface area contributed by atoms with Crippen molar-refractivity contribution in [3.8, 4) is 0 Å². The Hall–Kier alpha value is -4.80. The summed E-state index contributed by atoms with van der Waals surface area (Å²) < 4.78 is 542. The summed E-state index contributed by atoms with van der Waals surface area (Å²) in [6.07, 6.45) is -90.7. The molecule has 0 aliphatic heterocycles. The second kappa shape index (κ2) is 25.7. The Bertz CT molecular complexity index is 2120. The molecule has 54 heteroatoms. The molecule has 5 N–H and O–H groups in total. The fraction of sp³-hybridized carbons (Fsp3) is 0.839. The maximum atomic E-state index is 13.9. The van der Waals surface area contributed by atoms with Gasteiger partial charge in [0.1, 0.15) is 0 Å². The lowest BCUT2D eigenvalue weighted by molar-refractivity contribution is -0.462. The van der Waals surface area contributed by atoms with E-state index in [0.29, 0.717) is 6.92 Å². The number of ketones is 2. The van der Waals surface area contributed by atoms with Gasteiger partial charge in [-0.25, -0.2) is 4.79 Å². The van der Waals surface area contributed by atoms with Crippen molar-refractivity contribution < 1.29 is 242 Å². The molecular weight excluding hydrogens is 1370 g/mol. The Morgan fingerprint density at radius 2 is 0.565 bits per heavy atom. The van der Waals surface area contributed by atoms with E-state index in [9.17, 15) is 212 Å². The summed E-state index contributed by atoms with van der Waals surface area (Å²) in [5, 5.41) is 40.8. The van der Waals surface area contributed by atoms with Crippen molar-refractivity contribution in [2.75, 3.05) is 0 Å². The van der Waals surface area contributed by atoms with Crippen molar-refractivity contribution >= 4 is 17.5 Å². The van der Waals surface area contributed by atoms with Crippen LogP contribution in [0.5, 0.6) is 0 Å². The van der Waals surface area contributed by atoms with E-state index in [2.05, 4.69) is 11.3 Å². The van der Waals surface area contributed by atoms with Gasteiger partial charge in [0.05, 0.1) is 0 Å². The van der Waals surface area contributed by atoms with E-state index in [1.54, 1.807) is 0 Å². The third-order valence-corrected chi connectivity index (χ3v) is 8.45. The molecule has 0 saturated carbocycles. The van der Waals surface area contributed by atoms with E-state index in [1.165, 1.54) is 0 Å². The highest BCUT2D eigenvalue weighted by Gasteiger charge is 2.92. The number of hydrogen-bond donors (Lipinski definition) is 5. The molecule has 0 aliphatic rings. The Labute approximate surface area is 433 Å². The van der Waals surface area contributed by atoms with Crippen LogP contribution in [0.3, 0.4) is 0 Å². The molecule has 2 unspecified atom stereocenters. The number of esters is 1. The zero-order valence-electron chi connectivity index (χ0n) is 37.7. The second-order valence-electron chi connectivity index (χ2n) is 14.7. The standard InChI is InChI=1S/C11H9F11O3.C7H5F11O2.C6HF11O2.C3H2F6O.C3F6O.CH4/c1-4(2)5(23)25-6(3,9(14,15)16)8(12,13)7(24,10(17,18)19)11(20,21)22;1-2(19,5(10,11)12)4(8,9)3(20,6(13,14)15)7(16,17)18;7-2(8,1(18)3(9,10)11)4(19,5(12,13)14)6(15,16)17;2*4-2(5,6)1(10)3(7,8)9;/h24H,1H2,2-3H3;19-20H,1H3;19H;1,10H;;1H4. The summed E-state index contributed by atoms with van der Waals surface area (Å²) in [6, 6.07) is 0. The van der Waals surface area contributed by atoms with Crippen molar-refractivity contribution in [3.63, 3.8) is 0 Å². The highest BCUT2D eigenvalue weighted by Crippen LogP contribution is 2.61. The molecule has 0 rings (SSSR count). The van der Waals surface area contributed by atoms with E-state index in [4.69, 9.17) is 25.5 Å². The number of halogens is 45. The molecule has 0 amide bonds. The van der Waals surface area contributed by atoms with Crippen molar-refractivity contribution in [1.82, 2.24) is 0 Å². The first-order valence-electron chi connectivity index (χ1n) is 17.6. The number of rotatable bonds is 8. The van der Waals surface area contributed by atoms with Crippen LogP contribution in [0, 0.1) is 0 Å². The Kier molecular flexibility index (Phi) is 27.7. The van der Waals surface area contributed by atoms with Gasteiger partial charge in [0, 0.05) is 5.57 Å². The van der Waals surface area contributed by atoms with E-state index >= 15 is 0 Å². The predicted molar refractivity (Wildman–Crippen MR) is 171 cm³/mol. The van der Waals surface area contributed by atoms with Crippen molar-refractivity contribution in [3.05, 3.63) is 12.2 Å². The molecule has 0 aromatic carbocycles. The van der Waals surface area contributed by atoms with Gasteiger partial charge in [-0.3, -0.25) is 9.59 Å². The second-order valence-corrected chi connectivity index (χ2v) is 14.7. The number of aliphatic hydroxyl groups is 5. The Morgan fingerprint density at radius 3 is 0.694 bits per heavy atom. The number of carbonyl (C=O) groups is 3. The van der Waals surface area contributed by atoms with Gasteiger partial charge in [0.15, 0.2) is 0 Å². The van der Waals surface area contributed by atoms with Crippen LogP contribution < -0.4 is 0 Å². The molecule has 0 fully saturated rings. The molecule has 85 heavy (non-hydrogen) atoms. The van der Waals surface area contributed by atoms with Crippen molar-refractivity contribution in [2.24, 2.45) is 0 Å². The molecule has 0 bridgehead atoms. The lowest BCUT2D eigenvalue weighted by Crippen LogP contribution is -2.77. The minimum absolute atomic E-state index is 0. The number of aliphatic hydroxyl groups excluding tert-OH is 1. The first kappa shape index (κ1) is 91.4. The minimum Gasteiger partial charge on any atom is -0.440 e. The van der Waals surface area contributed by atoms with Gasteiger partial charge in [-0.15, -0.1) is 0 Å². The molecular formula is C31H21F45O9. The monoisotopic (exact) mass is 1390 g/mol. The van der Waals surface area contributed by atoms with Crippen LogP contribution in [0.1, 0.15) is 28.2 Å². The van der Waals surface area contributed by atoms with E-state index < -0.39 is 169 Å². The summed E-state index contributed by atoms with van der Waals surface area (Å²) >= 11 is 0. The van der Waals surface area contributed by atoms with E-state index in [-0.39, 0.29) is 7.43 Å². The van der Waals surface area contributed by atoms with Crippen molar-refractivity contribution in [2.45, 2.75) is 160 Å². The summed E-state index contributed by atoms with van der Waals surface area (Å²) in [7, 11) is 0. The highest BCUT2D eigenvalue weighted by atomic mass is 19.5. The van der Waals surface area contributed by atoms with Crippen LogP contribution in [-0.4, -0.2) is 175 Å².